The van der Waals surface area contributed by atoms with Crippen molar-refractivity contribution in [3.63, 3.8) is 0 Å². The van der Waals surface area contributed by atoms with Crippen molar-refractivity contribution in [1.29, 1.82) is 0 Å². The van der Waals surface area contributed by atoms with Crippen molar-refractivity contribution in [2.45, 2.75) is 62.5 Å². The van der Waals surface area contributed by atoms with Crippen LogP contribution in [0.3, 0.4) is 0 Å². The fraction of sp³-hybridized carbons (Fsp3) is 0.314. The molecule has 8 rings (SSSR count). The van der Waals surface area contributed by atoms with E-state index in [1.165, 1.54) is 4.57 Å². The third-order valence-electron chi connectivity index (χ3n) is 9.53. The number of nitrogens with zero attached hydrogens (tertiary/aromatic N) is 4. The van der Waals surface area contributed by atoms with Crippen molar-refractivity contribution >= 4 is 32.7 Å². The van der Waals surface area contributed by atoms with E-state index in [1.54, 1.807) is 30.3 Å². The van der Waals surface area contributed by atoms with E-state index in [1.807, 2.05) is 12.1 Å². The van der Waals surface area contributed by atoms with Crippen LogP contribution in [-0.2, 0) is 23.7 Å². The Bertz CT molecular complexity index is 2200. The third-order valence-corrected chi connectivity index (χ3v) is 10.0. The number of carbonyl (C=O) groups is 1. The quantitative estimate of drug-likeness (QED) is 0.157. The van der Waals surface area contributed by atoms with Gasteiger partial charge in [0.2, 0.25) is 5.91 Å². The van der Waals surface area contributed by atoms with Gasteiger partial charge >= 0.3 is 0 Å². The summed E-state index contributed by atoms with van der Waals surface area (Å²) in [6, 6.07) is 13.7. The summed E-state index contributed by atoms with van der Waals surface area (Å²) in [7, 11) is 0. The SMILES string of the molecule is O=C(Cn1nc(C(F)F)c2c1C(F)(F)C1CC21)NC(Cc1cc(F)cc(F)c1)c1nc2cc(Br)ccc2c(=O)n1-c1ccc(C2CC2)cc1. The standard InChI is InChI=1S/C35H26BrF6N5O2/c36-19-5-8-23-26(12-19)44-33(47(34(23)49)22-6-3-18(4-7-22)17-1-2-17)27(11-16-9-20(37)13-21(38)10-16)43-28(48)15-46-31-29(30(45-46)32(39)40)24-14-25(24)35(31,41)42/h3-10,12-13,17,24-25,27,32H,1-2,11,14-15H2,(H,43,48). The zero-order valence-electron chi connectivity index (χ0n) is 25.4. The summed E-state index contributed by atoms with van der Waals surface area (Å²) < 4.78 is 89.5. The Hall–Kier alpha value is -4.46. The number of halogens is 7. The molecular weight excluding hydrogens is 716 g/mol. The highest BCUT2D eigenvalue weighted by atomic mass is 79.9. The number of carbonyl (C=O) groups excluding carboxylic acids is 1. The summed E-state index contributed by atoms with van der Waals surface area (Å²) >= 11 is 3.38. The van der Waals surface area contributed by atoms with E-state index in [9.17, 15) is 27.2 Å². The number of hydrogen-bond acceptors (Lipinski definition) is 4. The molecule has 0 saturated heterocycles. The van der Waals surface area contributed by atoms with Gasteiger partial charge in [0, 0.05) is 28.4 Å². The Morgan fingerprint density at radius 2 is 1.73 bits per heavy atom. The molecule has 2 fully saturated rings. The zero-order valence-corrected chi connectivity index (χ0v) is 27.0. The van der Waals surface area contributed by atoms with Gasteiger partial charge in [0.1, 0.15) is 35.4 Å². The van der Waals surface area contributed by atoms with Crippen LogP contribution in [-0.4, -0.2) is 25.2 Å². The summed E-state index contributed by atoms with van der Waals surface area (Å²) in [5, 5.41) is 6.69. The van der Waals surface area contributed by atoms with E-state index in [4.69, 9.17) is 4.98 Å². The fourth-order valence-electron chi connectivity index (χ4n) is 7.10. The number of benzene rings is 3. The summed E-state index contributed by atoms with van der Waals surface area (Å²) in [5.41, 5.74) is -0.300. The largest absolute Gasteiger partial charge is 0.344 e. The van der Waals surface area contributed by atoms with Gasteiger partial charge in [-0.3, -0.25) is 18.8 Å². The number of hydrogen-bond donors (Lipinski definition) is 1. The highest BCUT2D eigenvalue weighted by Crippen LogP contribution is 2.68. The number of fused-ring (bicyclic) bond motifs is 4. The lowest BCUT2D eigenvalue weighted by Gasteiger charge is -2.24. The molecule has 1 amide bonds. The van der Waals surface area contributed by atoms with Crippen molar-refractivity contribution in [1.82, 2.24) is 24.6 Å². The van der Waals surface area contributed by atoms with Crippen LogP contribution in [0.5, 0.6) is 0 Å². The van der Waals surface area contributed by atoms with Gasteiger partial charge in [-0.05, 0) is 84.7 Å². The Morgan fingerprint density at radius 3 is 2.41 bits per heavy atom. The van der Waals surface area contributed by atoms with Gasteiger partial charge in [0.15, 0.2) is 0 Å². The highest BCUT2D eigenvalue weighted by molar-refractivity contribution is 9.10. The van der Waals surface area contributed by atoms with Crippen LogP contribution in [0.15, 0.2) is 69.9 Å². The van der Waals surface area contributed by atoms with Gasteiger partial charge in [-0.2, -0.15) is 13.9 Å². The average molecular weight is 743 g/mol. The second-order valence-corrected chi connectivity index (χ2v) is 13.8. The van der Waals surface area contributed by atoms with E-state index in [2.05, 4.69) is 26.3 Å². The molecule has 3 unspecified atom stereocenters. The molecule has 3 aliphatic carbocycles. The van der Waals surface area contributed by atoms with Crippen LogP contribution in [0.2, 0.25) is 0 Å². The van der Waals surface area contributed by atoms with E-state index >= 15 is 8.78 Å². The van der Waals surface area contributed by atoms with Crippen molar-refractivity contribution in [2.24, 2.45) is 5.92 Å². The van der Waals surface area contributed by atoms with Crippen molar-refractivity contribution < 1.29 is 31.1 Å². The minimum Gasteiger partial charge on any atom is -0.344 e. The van der Waals surface area contributed by atoms with Crippen LogP contribution in [0.25, 0.3) is 16.6 Å². The molecule has 2 saturated carbocycles. The van der Waals surface area contributed by atoms with Crippen molar-refractivity contribution in [3.8, 4) is 5.69 Å². The first-order chi connectivity index (χ1) is 23.4. The smallest absolute Gasteiger partial charge is 0.293 e. The fourth-order valence-corrected chi connectivity index (χ4v) is 7.45. The Morgan fingerprint density at radius 1 is 1.02 bits per heavy atom. The molecule has 3 atom stereocenters. The molecule has 5 aromatic rings. The lowest BCUT2D eigenvalue weighted by Crippen LogP contribution is -2.38. The number of rotatable bonds is 9. The average Bonchev–Trinajstić information content (AvgIpc) is 3.96. The number of nitrogens with one attached hydrogen (secondary N) is 1. The van der Waals surface area contributed by atoms with Crippen molar-refractivity contribution in [2.75, 3.05) is 0 Å². The molecule has 14 heteroatoms. The maximum atomic E-state index is 15.2. The number of amides is 1. The highest BCUT2D eigenvalue weighted by Gasteiger charge is 2.67. The number of alkyl halides is 4. The van der Waals surface area contributed by atoms with E-state index in [0.717, 1.165) is 30.5 Å². The molecule has 3 aliphatic rings. The lowest BCUT2D eigenvalue weighted by atomic mass is 10.0. The Labute approximate surface area is 283 Å². The minimum atomic E-state index is -3.45. The molecule has 0 radical (unpaired) electrons. The first kappa shape index (κ1) is 31.8. The zero-order chi connectivity index (χ0) is 34.4. The molecule has 49 heavy (non-hydrogen) atoms. The van der Waals surface area contributed by atoms with Crippen LogP contribution in [0.1, 0.15) is 77.5 Å². The molecule has 0 spiro atoms. The molecule has 252 valence electrons. The van der Waals surface area contributed by atoms with Crippen LogP contribution >= 0.6 is 15.9 Å². The predicted octanol–water partition coefficient (Wildman–Crippen LogP) is 7.75. The molecule has 3 aromatic carbocycles. The minimum absolute atomic E-state index is 0.00155. The summed E-state index contributed by atoms with van der Waals surface area (Å²) in [5.74, 6) is -7.55. The number of aromatic nitrogens is 4. The van der Waals surface area contributed by atoms with Gasteiger partial charge in [0.25, 0.3) is 17.9 Å². The van der Waals surface area contributed by atoms with E-state index in [0.29, 0.717) is 26.8 Å². The molecule has 1 N–H and O–H groups in total. The molecule has 7 nitrogen and oxygen atoms in total. The summed E-state index contributed by atoms with van der Waals surface area (Å²) in [4.78, 5) is 32.6. The second-order valence-electron chi connectivity index (χ2n) is 12.9. The van der Waals surface area contributed by atoms with Crippen LogP contribution < -0.4 is 10.9 Å². The lowest BCUT2D eigenvalue weighted by molar-refractivity contribution is -0.123. The maximum Gasteiger partial charge on any atom is 0.293 e. The molecular formula is C35H26BrF6N5O2. The van der Waals surface area contributed by atoms with Crippen LogP contribution in [0.4, 0.5) is 26.3 Å². The first-order valence-corrected chi connectivity index (χ1v) is 16.5. The third kappa shape index (κ3) is 5.63. The Balaban J connectivity index is 1.23. The van der Waals surface area contributed by atoms with E-state index < -0.39 is 71.3 Å². The summed E-state index contributed by atoms with van der Waals surface area (Å²) in [6.45, 7) is -0.850. The van der Waals surface area contributed by atoms with Gasteiger partial charge in [0.05, 0.1) is 22.6 Å². The van der Waals surface area contributed by atoms with Crippen molar-refractivity contribution in [3.05, 3.63) is 121 Å². The summed E-state index contributed by atoms with van der Waals surface area (Å²) in [6.07, 6.45) is -1.22. The van der Waals surface area contributed by atoms with Gasteiger partial charge < -0.3 is 5.32 Å². The topological polar surface area (TPSA) is 81.8 Å². The van der Waals surface area contributed by atoms with E-state index in [-0.39, 0.29) is 40.7 Å². The predicted molar refractivity (Wildman–Crippen MR) is 170 cm³/mol. The van der Waals surface area contributed by atoms with Gasteiger partial charge in [-0.25, -0.2) is 22.5 Å². The van der Waals surface area contributed by atoms with Crippen LogP contribution in [0, 0.1) is 17.6 Å². The monoisotopic (exact) mass is 741 g/mol. The maximum absolute atomic E-state index is 15.2. The second kappa shape index (κ2) is 11.6. The molecule has 0 bridgehead atoms. The molecule has 2 aromatic heterocycles. The molecule has 0 aliphatic heterocycles. The Kier molecular flexibility index (Phi) is 7.50. The van der Waals surface area contributed by atoms with Gasteiger partial charge in [-0.15, -0.1) is 0 Å². The molecule has 2 heterocycles. The van der Waals surface area contributed by atoms with Gasteiger partial charge in [-0.1, -0.05) is 28.1 Å². The normalized spacial score (nSPS) is 19.6. The first-order valence-electron chi connectivity index (χ1n) is 15.7.